The quantitative estimate of drug-likeness (QED) is 0.642. The van der Waals surface area contributed by atoms with E-state index >= 15 is 0 Å². The molecule has 1 N–H and O–H groups in total. The molecule has 36 heavy (non-hydrogen) atoms. The van der Waals surface area contributed by atoms with E-state index in [1.54, 1.807) is 26.9 Å². The lowest BCUT2D eigenvalue weighted by Crippen LogP contribution is -2.75. The van der Waals surface area contributed by atoms with Crippen LogP contribution < -0.4 is 5.32 Å². The number of benzene rings is 2. The van der Waals surface area contributed by atoms with Gasteiger partial charge in [0.15, 0.2) is 0 Å². The van der Waals surface area contributed by atoms with E-state index in [0.29, 0.717) is 24.5 Å². The van der Waals surface area contributed by atoms with E-state index in [1.165, 1.54) is 0 Å². The maximum atomic E-state index is 13.7. The zero-order chi connectivity index (χ0) is 26.0. The summed E-state index contributed by atoms with van der Waals surface area (Å²) in [4.78, 5) is 43.7. The fourth-order valence-electron chi connectivity index (χ4n) is 5.00. The van der Waals surface area contributed by atoms with Crippen LogP contribution in [0.4, 0.5) is 4.79 Å². The van der Waals surface area contributed by atoms with Crippen LogP contribution in [0.3, 0.4) is 0 Å². The number of piperazine rings is 1. The van der Waals surface area contributed by atoms with Crippen LogP contribution in [-0.2, 0) is 22.7 Å². The molecule has 2 aromatic rings. The smallest absolute Gasteiger partial charge is 0.333 e. The first-order valence-electron chi connectivity index (χ1n) is 12.3. The first kappa shape index (κ1) is 26.0. The Labute approximate surface area is 217 Å². The number of nitrogens with zero attached hydrogens (tertiary/aromatic N) is 4. The Morgan fingerprint density at radius 3 is 2.50 bits per heavy atom. The number of nitrogens with one attached hydrogen (secondary N) is 1. The number of urea groups is 1. The van der Waals surface area contributed by atoms with Crippen LogP contribution in [0, 0.1) is 12.8 Å². The third-order valence-corrected chi connectivity index (χ3v) is 7.15. The molecule has 192 valence electrons. The monoisotopic (exact) mass is 511 g/mol. The van der Waals surface area contributed by atoms with E-state index in [9.17, 15) is 14.4 Å². The summed E-state index contributed by atoms with van der Waals surface area (Å²) >= 11 is 6.20. The van der Waals surface area contributed by atoms with E-state index in [2.05, 4.69) is 5.32 Å². The number of rotatable bonds is 6. The number of aryl methyl sites for hydroxylation is 1. The molecule has 0 aromatic heterocycles. The molecule has 2 aliphatic heterocycles. The number of likely N-dealkylation sites (N-methyl/N-ethyl adjacent to an activating group) is 1. The molecule has 0 radical (unpaired) electrons. The predicted octanol–water partition coefficient (Wildman–Crippen LogP) is 3.63. The molecule has 2 aliphatic rings. The molecular formula is C27H34ClN5O3. The molecule has 8 nitrogen and oxygen atoms in total. The zero-order valence-corrected chi connectivity index (χ0v) is 22.0. The number of hydrazine groups is 1. The molecular weight excluding hydrogens is 478 g/mol. The number of carbonyl (C=O) groups is 3. The minimum absolute atomic E-state index is 0.0352. The van der Waals surface area contributed by atoms with Crippen molar-refractivity contribution < 1.29 is 14.4 Å². The van der Waals surface area contributed by atoms with Crippen molar-refractivity contribution in [3.05, 3.63) is 70.2 Å². The molecule has 0 bridgehead atoms. The van der Waals surface area contributed by atoms with Crippen molar-refractivity contribution in [3.63, 3.8) is 0 Å². The summed E-state index contributed by atoms with van der Waals surface area (Å²) in [6, 6.07) is 14.5. The molecule has 0 spiro atoms. The summed E-state index contributed by atoms with van der Waals surface area (Å²) in [5.74, 6) is -0.0316. The number of hydrogen-bond donors (Lipinski definition) is 1. The highest BCUT2D eigenvalue weighted by atomic mass is 35.5. The molecule has 0 unspecified atom stereocenters. The predicted molar refractivity (Wildman–Crippen MR) is 139 cm³/mol. The summed E-state index contributed by atoms with van der Waals surface area (Å²) in [7, 11) is 1.73. The van der Waals surface area contributed by atoms with Gasteiger partial charge in [-0.15, -0.1) is 0 Å². The standard InChI is InChI=1S/C27H34ClN5O3/c1-18(2)12-23-26(35)31(15-21-10-11-22(28)19(3)13-21)16-24-32(23)25(34)17-30(4)33(24)27(36)29-14-20-8-6-5-7-9-20/h5-11,13,18,23-24H,12,14-17H2,1-4H3,(H,29,36)/t23-,24-/m0/s1. The third-order valence-electron chi connectivity index (χ3n) is 6.72. The van der Waals surface area contributed by atoms with E-state index in [-0.39, 0.29) is 36.9 Å². The average Bonchev–Trinajstić information content (AvgIpc) is 2.83. The van der Waals surface area contributed by atoms with Gasteiger partial charge in [-0.1, -0.05) is 67.9 Å². The van der Waals surface area contributed by atoms with Gasteiger partial charge >= 0.3 is 6.03 Å². The molecule has 0 saturated carbocycles. The number of fused-ring (bicyclic) bond motifs is 1. The number of carbonyl (C=O) groups excluding carboxylic acids is 3. The third kappa shape index (κ3) is 5.50. The second-order valence-corrected chi connectivity index (χ2v) is 10.4. The second kappa shape index (κ2) is 10.9. The van der Waals surface area contributed by atoms with Gasteiger partial charge < -0.3 is 15.1 Å². The number of halogens is 1. The van der Waals surface area contributed by atoms with Crippen LogP contribution in [0.25, 0.3) is 0 Å². The molecule has 4 rings (SSSR count). The van der Waals surface area contributed by atoms with Gasteiger partial charge in [0, 0.05) is 25.2 Å². The number of hydrogen-bond acceptors (Lipinski definition) is 4. The molecule has 9 heteroatoms. The lowest BCUT2D eigenvalue weighted by molar-refractivity contribution is -0.188. The van der Waals surface area contributed by atoms with Gasteiger partial charge in [0.1, 0.15) is 12.2 Å². The highest BCUT2D eigenvalue weighted by molar-refractivity contribution is 6.31. The Hall–Kier alpha value is -3.10. The summed E-state index contributed by atoms with van der Waals surface area (Å²) in [6.07, 6.45) is -0.0673. The van der Waals surface area contributed by atoms with E-state index in [0.717, 1.165) is 16.7 Å². The van der Waals surface area contributed by atoms with E-state index in [1.807, 2.05) is 69.3 Å². The maximum Gasteiger partial charge on any atom is 0.334 e. The average molecular weight is 512 g/mol. The Morgan fingerprint density at radius 1 is 1.11 bits per heavy atom. The van der Waals surface area contributed by atoms with Gasteiger partial charge in [0.25, 0.3) is 0 Å². The highest BCUT2D eigenvalue weighted by Gasteiger charge is 2.50. The first-order valence-corrected chi connectivity index (χ1v) is 12.7. The minimum Gasteiger partial charge on any atom is -0.333 e. The van der Waals surface area contributed by atoms with Gasteiger partial charge in [-0.3, -0.25) is 9.59 Å². The van der Waals surface area contributed by atoms with Crippen LogP contribution in [-0.4, -0.2) is 70.0 Å². The van der Waals surface area contributed by atoms with Crippen LogP contribution >= 0.6 is 11.6 Å². The van der Waals surface area contributed by atoms with E-state index < -0.39 is 12.2 Å². The van der Waals surface area contributed by atoms with Gasteiger partial charge in [-0.2, -0.15) is 0 Å². The van der Waals surface area contributed by atoms with Crippen molar-refractivity contribution in [1.82, 2.24) is 25.1 Å². The Morgan fingerprint density at radius 2 is 1.83 bits per heavy atom. The zero-order valence-electron chi connectivity index (χ0n) is 21.3. The normalized spacial score (nSPS) is 20.7. The largest absolute Gasteiger partial charge is 0.334 e. The van der Waals surface area contributed by atoms with Crippen molar-refractivity contribution in [2.45, 2.75) is 52.5 Å². The first-order chi connectivity index (χ1) is 17.2. The fourth-order valence-corrected chi connectivity index (χ4v) is 5.12. The molecule has 2 atom stereocenters. The molecule has 2 heterocycles. The topological polar surface area (TPSA) is 76.2 Å². The molecule has 4 amide bonds. The van der Waals surface area contributed by atoms with Crippen molar-refractivity contribution in [2.75, 3.05) is 20.1 Å². The molecule has 0 aliphatic carbocycles. The van der Waals surface area contributed by atoms with Crippen molar-refractivity contribution in [3.8, 4) is 0 Å². The Balaban J connectivity index is 1.62. The van der Waals surface area contributed by atoms with E-state index in [4.69, 9.17) is 11.6 Å². The van der Waals surface area contributed by atoms with Crippen LogP contribution in [0.1, 0.15) is 37.0 Å². The van der Waals surface area contributed by atoms with Gasteiger partial charge in [-0.05, 0) is 42.0 Å². The lowest BCUT2D eigenvalue weighted by atomic mass is 9.96. The molecule has 2 saturated heterocycles. The summed E-state index contributed by atoms with van der Waals surface area (Å²) < 4.78 is 0. The van der Waals surface area contributed by atoms with Crippen molar-refractivity contribution in [2.24, 2.45) is 5.92 Å². The molecule has 2 fully saturated rings. The fraction of sp³-hybridized carbons (Fsp3) is 0.444. The lowest BCUT2D eigenvalue weighted by Gasteiger charge is -2.54. The highest BCUT2D eigenvalue weighted by Crippen LogP contribution is 2.30. The summed E-state index contributed by atoms with van der Waals surface area (Å²) in [6.45, 7) is 7.02. The minimum atomic E-state index is -0.622. The van der Waals surface area contributed by atoms with Crippen molar-refractivity contribution in [1.29, 1.82) is 0 Å². The van der Waals surface area contributed by atoms with Crippen molar-refractivity contribution >= 4 is 29.4 Å². The molecule has 2 aromatic carbocycles. The second-order valence-electron chi connectivity index (χ2n) is 10.0. The summed E-state index contributed by atoms with van der Waals surface area (Å²) in [5, 5.41) is 6.89. The van der Waals surface area contributed by atoms with Gasteiger partial charge in [-0.25, -0.2) is 14.8 Å². The Kier molecular flexibility index (Phi) is 7.85. The van der Waals surface area contributed by atoms with Gasteiger partial charge in [0.2, 0.25) is 11.8 Å². The maximum absolute atomic E-state index is 13.7. The van der Waals surface area contributed by atoms with Crippen LogP contribution in [0.5, 0.6) is 0 Å². The van der Waals surface area contributed by atoms with Crippen LogP contribution in [0.15, 0.2) is 48.5 Å². The Bertz CT molecular complexity index is 1130. The van der Waals surface area contributed by atoms with Gasteiger partial charge in [0.05, 0.1) is 13.1 Å². The number of amides is 4. The SMILES string of the molecule is Cc1cc(CN2C[C@H]3N(C(=O)CN(C)N3C(=O)NCc3ccccc3)[C@@H](CC(C)C)C2=O)ccc1Cl. The summed E-state index contributed by atoms with van der Waals surface area (Å²) in [5.41, 5.74) is 2.88. The van der Waals surface area contributed by atoms with Crippen LogP contribution in [0.2, 0.25) is 5.02 Å².